The highest BCUT2D eigenvalue weighted by molar-refractivity contribution is 7.07. The molecule has 3 nitrogen and oxygen atoms in total. The Bertz CT molecular complexity index is 862. The number of hydrogen-bond acceptors (Lipinski definition) is 3. The Morgan fingerprint density at radius 3 is 2.62 bits per heavy atom. The Hall–Kier alpha value is -1.81. The third-order valence-electron chi connectivity index (χ3n) is 4.67. The quantitative estimate of drug-likeness (QED) is 0.800. The van der Waals surface area contributed by atoms with Gasteiger partial charge in [0, 0.05) is 31.7 Å². The van der Waals surface area contributed by atoms with Gasteiger partial charge in [0.2, 0.25) is 0 Å². The van der Waals surface area contributed by atoms with Crippen LogP contribution in [0.15, 0.2) is 23.0 Å². The number of benzene rings is 1. The van der Waals surface area contributed by atoms with Crippen LogP contribution in [0.2, 0.25) is 0 Å². The van der Waals surface area contributed by atoms with Gasteiger partial charge in [-0.1, -0.05) is 19.6 Å². The van der Waals surface area contributed by atoms with E-state index in [1.54, 1.807) is 11.6 Å². The molecule has 2 atom stereocenters. The van der Waals surface area contributed by atoms with Gasteiger partial charge in [-0.15, -0.1) is 11.3 Å². The number of likely N-dealkylation sites (N-methyl/N-ethyl adjacent to an activating group) is 1. The van der Waals surface area contributed by atoms with Crippen LogP contribution in [0.25, 0.3) is 12.7 Å². The van der Waals surface area contributed by atoms with Gasteiger partial charge in [-0.25, -0.2) is 0 Å². The van der Waals surface area contributed by atoms with Crippen molar-refractivity contribution in [2.75, 3.05) is 11.9 Å². The van der Waals surface area contributed by atoms with Crippen molar-refractivity contribution in [1.29, 1.82) is 0 Å². The summed E-state index contributed by atoms with van der Waals surface area (Å²) in [5, 5.41) is 0. The van der Waals surface area contributed by atoms with Crippen LogP contribution in [0, 0.1) is 0 Å². The predicted molar refractivity (Wildman–Crippen MR) is 90.6 cm³/mol. The Balaban J connectivity index is 2.13. The van der Waals surface area contributed by atoms with E-state index in [2.05, 4.69) is 50.6 Å². The molecule has 0 saturated heterocycles. The second-order valence-electron chi connectivity index (χ2n) is 5.83. The molecule has 1 aromatic heterocycles. The Morgan fingerprint density at radius 2 is 2.00 bits per heavy atom. The normalized spacial score (nSPS) is 21.9. The van der Waals surface area contributed by atoms with Crippen molar-refractivity contribution >= 4 is 29.7 Å². The van der Waals surface area contributed by atoms with E-state index in [0.29, 0.717) is 12.0 Å². The van der Waals surface area contributed by atoms with Crippen molar-refractivity contribution in [3.63, 3.8) is 0 Å². The number of nitrogens with zero attached hydrogens (tertiary/aromatic N) is 2. The lowest BCUT2D eigenvalue weighted by Gasteiger charge is -2.20. The van der Waals surface area contributed by atoms with Gasteiger partial charge >= 0.3 is 0 Å². The monoisotopic (exact) mass is 300 g/mol. The van der Waals surface area contributed by atoms with E-state index >= 15 is 0 Å². The van der Waals surface area contributed by atoms with Gasteiger partial charge < -0.3 is 9.47 Å². The third kappa shape index (κ3) is 2.14. The summed E-state index contributed by atoms with van der Waals surface area (Å²) >= 11 is 1.44. The number of fused-ring (bicyclic) bond motifs is 1. The first kappa shape index (κ1) is 14.1. The highest BCUT2D eigenvalue weighted by Crippen LogP contribution is 2.39. The zero-order valence-corrected chi connectivity index (χ0v) is 13.7. The number of thiazole rings is 1. The van der Waals surface area contributed by atoms with E-state index in [9.17, 15) is 4.79 Å². The molecule has 0 N–H and O–H groups in total. The van der Waals surface area contributed by atoms with Crippen LogP contribution in [0.3, 0.4) is 0 Å². The van der Waals surface area contributed by atoms with Crippen LogP contribution in [-0.2, 0) is 7.05 Å². The molecule has 2 aromatic rings. The molecule has 21 heavy (non-hydrogen) atoms. The van der Waals surface area contributed by atoms with Gasteiger partial charge in [0.05, 0.1) is 9.20 Å². The van der Waals surface area contributed by atoms with Gasteiger partial charge in [0.15, 0.2) is 0 Å². The van der Waals surface area contributed by atoms with Crippen LogP contribution in [0.5, 0.6) is 0 Å². The number of rotatable bonds is 1. The number of hydrogen-bond donors (Lipinski definition) is 0. The molecule has 0 saturated carbocycles. The van der Waals surface area contributed by atoms with Crippen molar-refractivity contribution in [2.45, 2.75) is 25.8 Å². The molecule has 3 rings (SSSR count). The summed E-state index contributed by atoms with van der Waals surface area (Å²) in [5.41, 5.74) is 3.78. The molecule has 4 heteroatoms. The molecular formula is C17H20N2OS. The van der Waals surface area contributed by atoms with E-state index < -0.39 is 0 Å². The summed E-state index contributed by atoms with van der Waals surface area (Å²) in [5.74, 6) is 0.507. The minimum atomic E-state index is 0.0315. The summed E-state index contributed by atoms with van der Waals surface area (Å²) < 4.78 is 3.13. The lowest BCUT2D eigenvalue weighted by atomic mass is 9.97. The van der Waals surface area contributed by atoms with Crippen molar-refractivity contribution in [3.05, 3.63) is 48.9 Å². The maximum Gasteiger partial charge on any atom is 0.268 e. The van der Waals surface area contributed by atoms with Gasteiger partial charge in [0.1, 0.15) is 0 Å². The molecule has 1 aliphatic heterocycles. The Labute approximate surface area is 128 Å². The average molecular weight is 300 g/mol. The van der Waals surface area contributed by atoms with E-state index in [-0.39, 0.29) is 5.56 Å². The van der Waals surface area contributed by atoms with Crippen LogP contribution < -0.4 is 19.7 Å². The van der Waals surface area contributed by atoms with E-state index in [1.165, 1.54) is 22.6 Å². The predicted octanol–water partition coefficient (Wildman–Crippen LogP) is 1.63. The highest BCUT2D eigenvalue weighted by Gasteiger charge is 2.29. The second kappa shape index (κ2) is 4.88. The molecular weight excluding hydrogens is 280 g/mol. The van der Waals surface area contributed by atoms with Crippen molar-refractivity contribution in [1.82, 2.24) is 4.57 Å². The van der Waals surface area contributed by atoms with Crippen molar-refractivity contribution in [3.8, 4) is 0 Å². The smallest absolute Gasteiger partial charge is 0.268 e. The molecule has 1 aromatic carbocycles. The maximum absolute atomic E-state index is 12.1. The fraction of sp³-hybridized carbons (Fsp3) is 0.353. The zero-order valence-electron chi connectivity index (χ0n) is 12.9. The lowest BCUT2D eigenvalue weighted by Crippen LogP contribution is -2.28. The molecule has 0 spiro atoms. The molecule has 0 fully saturated rings. The van der Waals surface area contributed by atoms with Crippen LogP contribution in [-0.4, -0.2) is 17.7 Å². The minimum absolute atomic E-state index is 0.0315. The zero-order chi connectivity index (χ0) is 15.3. The topological polar surface area (TPSA) is 25.2 Å². The summed E-state index contributed by atoms with van der Waals surface area (Å²) in [6, 6.07) is 6.96. The highest BCUT2D eigenvalue weighted by atomic mass is 32.1. The number of aromatic nitrogens is 1. The van der Waals surface area contributed by atoms with Crippen molar-refractivity contribution in [2.24, 2.45) is 7.05 Å². The Morgan fingerprint density at radius 1 is 1.29 bits per heavy atom. The second-order valence-corrected chi connectivity index (χ2v) is 6.94. The van der Waals surface area contributed by atoms with Crippen LogP contribution >= 0.6 is 11.3 Å². The van der Waals surface area contributed by atoms with Gasteiger partial charge in [-0.05, 0) is 36.3 Å². The molecule has 0 aliphatic carbocycles. The standard InChI is InChI=1S/C17H20N2OS/c1-10-11(2)18(4)15-7-6-13(8-14(10)15)9-16-17(20)19(5)12(3)21-16/h6-11H,3H2,1-2,4-5H3. The molecule has 110 valence electrons. The summed E-state index contributed by atoms with van der Waals surface area (Å²) in [6.45, 7) is 8.39. The molecule has 0 bridgehead atoms. The first-order valence-electron chi connectivity index (χ1n) is 7.13. The fourth-order valence-electron chi connectivity index (χ4n) is 2.92. The Kier molecular flexibility index (Phi) is 3.29. The minimum Gasteiger partial charge on any atom is -0.371 e. The molecule has 2 heterocycles. The SMILES string of the molecule is C=c1sc(=Cc2ccc3c(c2)C(C)C(C)N3C)c(=O)n1C. The first-order valence-corrected chi connectivity index (χ1v) is 7.95. The summed E-state index contributed by atoms with van der Waals surface area (Å²) in [7, 11) is 3.90. The van der Waals surface area contributed by atoms with Crippen LogP contribution in [0.4, 0.5) is 5.69 Å². The molecule has 1 aliphatic rings. The van der Waals surface area contributed by atoms with Gasteiger partial charge in [-0.2, -0.15) is 0 Å². The molecule has 2 unspecified atom stereocenters. The molecule has 0 radical (unpaired) electrons. The maximum atomic E-state index is 12.1. The van der Waals surface area contributed by atoms with E-state index in [1.807, 2.05) is 6.08 Å². The van der Waals surface area contributed by atoms with E-state index in [4.69, 9.17) is 0 Å². The average Bonchev–Trinajstić information content (AvgIpc) is 2.83. The van der Waals surface area contributed by atoms with Crippen LogP contribution in [0.1, 0.15) is 30.9 Å². The third-order valence-corrected chi connectivity index (χ3v) is 5.69. The number of anilines is 1. The van der Waals surface area contributed by atoms with Gasteiger partial charge in [0.25, 0.3) is 5.56 Å². The largest absolute Gasteiger partial charge is 0.371 e. The van der Waals surface area contributed by atoms with Crippen molar-refractivity contribution < 1.29 is 0 Å². The van der Waals surface area contributed by atoms with E-state index in [0.717, 1.165) is 14.8 Å². The first-order chi connectivity index (χ1) is 9.90. The summed E-state index contributed by atoms with van der Waals surface area (Å²) in [6.07, 6.45) is 1.97. The van der Waals surface area contributed by atoms with Gasteiger partial charge in [-0.3, -0.25) is 4.79 Å². The lowest BCUT2D eigenvalue weighted by molar-refractivity contribution is 0.626. The molecule has 0 amide bonds. The summed E-state index contributed by atoms with van der Waals surface area (Å²) in [4.78, 5) is 14.4. The fourth-order valence-corrected chi connectivity index (χ4v) is 3.82.